The van der Waals surface area contributed by atoms with Crippen molar-refractivity contribution < 1.29 is 18.0 Å². The van der Waals surface area contributed by atoms with E-state index < -0.39 is 11.7 Å². The lowest BCUT2D eigenvalue weighted by Crippen LogP contribution is -2.44. The molecule has 0 atom stereocenters. The molecule has 1 aromatic carbocycles. The van der Waals surface area contributed by atoms with Gasteiger partial charge in [0.1, 0.15) is 17.0 Å². The lowest BCUT2D eigenvalue weighted by molar-refractivity contribution is -0.138. The van der Waals surface area contributed by atoms with Crippen LogP contribution in [-0.4, -0.2) is 71.3 Å². The summed E-state index contributed by atoms with van der Waals surface area (Å²) < 4.78 is 39.4. The van der Waals surface area contributed by atoms with E-state index in [0.717, 1.165) is 48.3 Å². The van der Waals surface area contributed by atoms with Crippen molar-refractivity contribution in [3.05, 3.63) is 75.0 Å². The smallest absolute Gasteiger partial charge is 0.388 e. The number of rotatable bonds is 4. The summed E-state index contributed by atoms with van der Waals surface area (Å²) in [5.41, 5.74) is 7.90. The largest absolute Gasteiger partial charge is 0.416 e. The van der Waals surface area contributed by atoms with Crippen LogP contribution in [0.15, 0.2) is 42.7 Å². The number of piperazine rings is 1. The van der Waals surface area contributed by atoms with E-state index in [4.69, 9.17) is 5.73 Å². The quantitative estimate of drug-likeness (QED) is 0.265. The Morgan fingerprint density at radius 1 is 1.15 bits per heavy atom. The zero-order chi connectivity index (χ0) is 29.6. The van der Waals surface area contributed by atoms with Crippen molar-refractivity contribution in [2.45, 2.75) is 19.6 Å². The van der Waals surface area contributed by atoms with Crippen LogP contribution in [0.3, 0.4) is 0 Å². The molecule has 4 heterocycles. The number of nitrogen functional groups attached to an aromatic ring is 1. The maximum atomic E-state index is 13.1. The van der Waals surface area contributed by atoms with E-state index in [9.17, 15) is 18.0 Å². The SMILES string of the molecule is CNc1ccc(CN2CCN(C)CC2)c(C(F)(F)F)c1.Cc1sc(C#Cc2cnc(N)c3ncccc23)nc1C=O. The molecular formula is C29H30F3N7OS. The molecule has 5 rings (SSSR count). The third-order valence-electron chi connectivity index (χ3n) is 6.62. The molecule has 1 fully saturated rings. The Kier molecular flexibility index (Phi) is 9.54. The van der Waals surface area contributed by atoms with E-state index >= 15 is 0 Å². The zero-order valence-corrected chi connectivity index (χ0v) is 23.7. The van der Waals surface area contributed by atoms with E-state index in [2.05, 4.69) is 41.9 Å². The van der Waals surface area contributed by atoms with Gasteiger partial charge in [-0.15, -0.1) is 11.3 Å². The third kappa shape index (κ3) is 7.58. The highest BCUT2D eigenvalue weighted by Crippen LogP contribution is 2.34. The van der Waals surface area contributed by atoms with Crippen molar-refractivity contribution in [1.82, 2.24) is 24.8 Å². The van der Waals surface area contributed by atoms with Gasteiger partial charge in [0.25, 0.3) is 0 Å². The van der Waals surface area contributed by atoms with Crippen molar-refractivity contribution in [1.29, 1.82) is 0 Å². The van der Waals surface area contributed by atoms with Gasteiger partial charge < -0.3 is 16.0 Å². The van der Waals surface area contributed by atoms with Gasteiger partial charge in [0.05, 0.1) is 11.1 Å². The number of carbonyl (C=O) groups excluding carboxylic acids is 1. The average molecular weight is 582 g/mol. The summed E-state index contributed by atoms with van der Waals surface area (Å²) >= 11 is 1.39. The van der Waals surface area contributed by atoms with Crippen molar-refractivity contribution in [2.75, 3.05) is 51.3 Å². The predicted octanol–water partition coefficient (Wildman–Crippen LogP) is 4.68. The highest BCUT2D eigenvalue weighted by molar-refractivity contribution is 7.12. The Bertz CT molecular complexity index is 1590. The number of likely N-dealkylation sites (N-methyl/N-ethyl adjacent to an activating group) is 1. The normalized spacial score (nSPS) is 14.1. The third-order valence-corrected chi connectivity index (χ3v) is 7.52. The second kappa shape index (κ2) is 13.1. The first-order chi connectivity index (χ1) is 19.6. The topological polar surface area (TPSA) is 100 Å². The number of hydrogen-bond acceptors (Lipinski definition) is 9. The van der Waals surface area contributed by atoms with Gasteiger partial charge in [0, 0.05) is 68.1 Å². The molecule has 1 aliphatic rings. The highest BCUT2D eigenvalue weighted by Gasteiger charge is 2.34. The number of carbonyl (C=O) groups is 1. The first kappa shape index (κ1) is 29.9. The number of thiazole rings is 1. The van der Waals surface area contributed by atoms with Crippen molar-refractivity contribution in [3.63, 3.8) is 0 Å². The number of nitrogens with one attached hydrogen (secondary N) is 1. The summed E-state index contributed by atoms with van der Waals surface area (Å²) in [7, 11) is 3.65. The van der Waals surface area contributed by atoms with Gasteiger partial charge in [-0.1, -0.05) is 12.0 Å². The minimum absolute atomic E-state index is 0.348. The van der Waals surface area contributed by atoms with Gasteiger partial charge in [0.15, 0.2) is 11.3 Å². The molecule has 0 amide bonds. The molecule has 0 unspecified atom stereocenters. The molecule has 41 heavy (non-hydrogen) atoms. The number of halogens is 3. The van der Waals surface area contributed by atoms with Gasteiger partial charge in [0.2, 0.25) is 0 Å². The second-order valence-electron chi connectivity index (χ2n) is 9.48. The Labute approximate surface area is 240 Å². The summed E-state index contributed by atoms with van der Waals surface area (Å²) in [6, 6.07) is 8.18. The number of anilines is 2. The molecule has 0 saturated carbocycles. The van der Waals surface area contributed by atoms with E-state index in [1.54, 1.807) is 31.6 Å². The maximum absolute atomic E-state index is 13.1. The van der Waals surface area contributed by atoms with Crippen LogP contribution in [0.2, 0.25) is 0 Å². The first-order valence-corrected chi connectivity index (χ1v) is 13.6. The Hall–Kier alpha value is -4.05. The number of pyridine rings is 2. The van der Waals surface area contributed by atoms with Crippen LogP contribution in [0.1, 0.15) is 37.1 Å². The molecule has 1 aliphatic heterocycles. The molecule has 3 N–H and O–H groups in total. The molecule has 214 valence electrons. The molecule has 4 aromatic rings. The molecule has 12 heteroatoms. The standard InChI is InChI=1S/C15H10N4OS.C14H20F3N3/c1-9-12(8-20)19-13(21-9)5-4-10-7-18-15(16)14-11(10)3-2-6-17-14;1-18-12-4-3-11(13(9-12)14(15,16)17)10-20-7-5-19(2)6-8-20/h2-3,6-8H,1H3,(H2,16,18);3-4,9,18H,5-8,10H2,1-2H3. The van der Waals surface area contributed by atoms with Gasteiger partial charge >= 0.3 is 6.18 Å². The Morgan fingerprint density at radius 3 is 2.56 bits per heavy atom. The summed E-state index contributed by atoms with van der Waals surface area (Å²) in [5.74, 6) is 6.36. The van der Waals surface area contributed by atoms with Crippen molar-refractivity contribution in [3.8, 4) is 11.8 Å². The number of nitrogens with two attached hydrogens (primary N) is 1. The van der Waals surface area contributed by atoms with Crippen LogP contribution < -0.4 is 11.1 Å². The summed E-state index contributed by atoms with van der Waals surface area (Å²) in [4.78, 5) is 28.4. The van der Waals surface area contributed by atoms with Crippen molar-refractivity contribution >= 4 is 40.0 Å². The number of aldehydes is 1. The second-order valence-corrected chi connectivity index (χ2v) is 10.7. The lowest BCUT2D eigenvalue weighted by atomic mass is 10.0. The van der Waals surface area contributed by atoms with Crippen LogP contribution in [0.5, 0.6) is 0 Å². The Balaban J connectivity index is 0.000000189. The van der Waals surface area contributed by atoms with E-state index in [1.165, 1.54) is 17.4 Å². The first-order valence-electron chi connectivity index (χ1n) is 12.8. The van der Waals surface area contributed by atoms with Crippen LogP contribution in [0.25, 0.3) is 10.9 Å². The number of nitrogens with zero attached hydrogens (tertiary/aromatic N) is 5. The lowest BCUT2D eigenvalue weighted by Gasteiger charge is -2.33. The molecule has 0 aliphatic carbocycles. The number of fused-ring (bicyclic) bond motifs is 1. The van der Waals surface area contributed by atoms with Gasteiger partial charge in [-0.3, -0.25) is 14.7 Å². The number of benzene rings is 1. The number of hydrogen-bond donors (Lipinski definition) is 2. The maximum Gasteiger partial charge on any atom is 0.416 e. The highest BCUT2D eigenvalue weighted by atomic mass is 32.1. The Morgan fingerprint density at radius 2 is 1.90 bits per heavy atom. The van der Waals surface area contributed by atoms with E-state index in [0.29, 0.717) is 39.8 Å². The molecule has 1 saturated heterocycles. The van der Waals surface area contributed by atoms with E-state index in [1.807, 2.05) is 26.1 Å². The molecular weight excluding hydrogens is 551 g/mol. The fourth-order valence-corrected chi connectivity index (χ4v) is 5.00. The molecule has 0 radical (unpaired) electrons. The minimum Gasteiger partial charge on any atom is -0.388 e. The monoisotopic (exact) mass is 581 g/mol. The van der Waals surface area contributed by atoms with Crippen LogP contribution in [0.4, 0.5) is 24.7 Å². The van der Waals surface area contributed by atoms with Gasteiger partial charge in [-0.2, -0.15) is 13.2 Å². The summed E-state index contributed by atoms with van der Waals surface area (Å²) in [5, 5.41) is 4.20. The molecule has 8 nitrogen and oxygen atoms in total. The van der Waals surface area contributed by atoms with E-state index in [-0.39, 0.29) is 0 Å². The number of aromatic nitrogens is 3. The molecule has 0 spiro atoms. The van der Waals surface area contributed by atoms with Crippen LogP contribution in [-0.2, 0) is 12.7 Å². The average Bonchev–Trinajstić information content (AvgIpc) is 3.33. The van der Waals surface area contributed by atoms with Gasteiger partial charge in [-0.25, -0.2) is 9.97 Å². The molecule has 3 aromatic heterocycles. The number of aryl methyl sites for hydroxylation is 1. The predicted molar refractivity (Wildman–Crippen MR) is 156 cm³/mol. The summed E-state index contributed by atoms with van der Waals surface area (Å²) in [6.45, 7) is 5.61. The van der Waals surface area contributed by atoms with Crippen molar-refractivity contribution in [2.24, 2.45) is 0 Å². The minimum atomic E-state index is -4.31. The molecule has 0 bridgehead atoms. The van der Waals surface area contributed by atoms with Gasteiger partial charge in [-0.05, 0) is 49.7 Å². The fraction of sp³-hybridized carbons (Fsp3) is 0.310. The zero-order valence-electron chi connectivity index (χ0n) is 22.9. The van der Waals surface area contributed by atoms with Crippen LogP contribution in [0, 0.1) is 18.8 Å². The van der Waals surface area contributed by atoms with Crippen LogP contribution >= 0.6 is 11.3 Å². The summed E-state index contributed by atoms with van der Waals surface area (Å²) in [6.07, 6.45) is -0.290. The fourth-order valence-electron chi connectivity index (χ4n) is 4.26. The number of alkyl halides is 3.